The molecule has 1 aromatic carbocycles. The fourth-order valence-corrected chi connectivity index (χ4v) is 3.07. The van der Waals surface area contributed by atoms with Gasteiger partial charge in [0.1, 0.15) is 17.3 Å². The van der Waals surface area contributed by atoms with Gasteiger partial charge in [0.15, 0.2) is 15.8 Å². The van der Waals surface area contributed by atoms with Gasteiger partial charge in [-0.05, 0) is 39.3 Å². The fraction of sp³-hybridized carbons (Fsp3) is 0.611. The van der Waals surface area contributed by atoms with E-state index in [-0.39, 0.29) is 42.3 Å². The van der Waals surface area contributed by atoms with Crippen molar-refractivity contribution in [2.45, 2.75) is 38.0 Å². The van der Waals surface area contributed by atoms with Crippen LogP contribution in [0.5, 0.6) is 0 Å². The molecule has 0 aromatic heterocycles. The van der Waals surface area contributed by atoms with Crippen molar-refractivity contribution in [2.75, 3.05) is 37.3 Å². The van der Waals surface area contributed by atoms with Gasteiger partial charge in [-0.1, -0.05) is 6.07 Å². The highest BCUT2D eigenvalue weighted by Gasteiger charge is 2.31. The molecule has 1 unspecified atom stereocenters. The van der Waals surface area contributed by atoms with Crippen molar-refractivity contribution >= 4 is 45.5 Å². The molecule has 2 rings (SSSR count). The summed E-state index contributed by atoms with van der Waals surface area (Å²) < 4.78 is 50.7. The van der Waals surface area contributed by atoms with Crippen LogP contribution in [0.1, 0.15) is 27.2 Å². The molecule has 0 spiro atoms. The molecule has 1 saturated heterocycles. The molecule has 1 atom stereocenters. The molecule has 10 heteroatoms. The summed E-state index contributed by atoms with van der Waals surface area (Å²) in [5.41, 5.74) is -0.0121. The summed E-state index contributed by atoms with van der Waals surface area (Å²) >= 11 is 0. The number of hydrogen-bond donors (Lipinski definition) is 2. The van der Waals surface area contributed by atoms with Crippen LogP contribution in [0.3, 0.4) is 0 Å². The molecule has 1 aliphatic heterocycles. The lowest BCUT2D eigenvalue weighted by Gasteiger charge is -2.23. The highest BCUT2D eigenvalue weighted by Crippen LogP contribution is 2.26. The molecular weight excluding hydrogens is 501 g/mol. The first kappa shape index (κ1) is 24.9. The molecule has 2 N–H and O–H groups in total. The average Bonchev–Trinajstić information content (AvgIpc) is 3.00. The number of aliphatic imine (C=N–C) groups is 1. The molecule has 28 heavy (non-hydrogen) atoms. The molecule has 160 valence electrons. The molecule has 1 aromatic rings. The Morgan fingerprint density at radius 3 is 2.46 bits per heavy atom. The van der Waals surface area contributed by atoms with Crippen LogP contribution in [0.15, 0.2) is 23.2 Å². The summed E-state index contributed by atoms with van der Waals surface area (Å²) in [6.07, 6.45) is 1.88. The van der Waals surface area contributed by atoms with Crippen LogP contribution in [-0.4, -0.2) is 57.6 Å². The zero-order valence-corrected chi connectivity index (χ0v) is 19.8. The number of anilines is 1. The molecule has 0 saturated carbocycles. The van der Waals surface area contributed by atoms with Crippen LogP contribution in [0, 0.1) is 11.6 Å². The summed E-state index contributed by atoms with van der Waals surface area (Å²) in [5, 5.41) is 6.33. The number of benzene rings is 1. The number of guanidine groups is 1. The Labute approximate surface area is 183 Å². The second kappa shape index (κ2) is 10.0. The maximum Gasteiger partial charge on any atom is 0.191 e. The predicted molar refractivity (Wildman–Crippen MR) is 120 cm³/mol. The van der Waals surface area contributed by atoms with Crippen LogP contribution in [0.25, 0.3) is 0 Å². The lowest BCUT2D eigenvalue weighted by molar-refractivity contribution is 0.553. The maximum absolute atomic E-state index is 14.0. The Morgan fingerprint density at radius 1 is 1.32 bits per heavy atom. The topological polar surface area (TPSA) is 73.8 Å². The van der Waals surface area contributed by atoms with Gasteiger partial charge >= 0.3 is 0 Å². The monoisotopic (exact) mass is 530 g/mol. The van der Waals surface area contributed by atoms with Gasteiger partial charge in [-0.25, -0.2) is 17.2 Å². The molecule has 6 nitrogen and oxygen atoms in total. The van der Waals surface area contributed by atoms with E-state index in [4.69, 9.17) is 0 Å². The Kier molecular flexibility index (Phi) is 8.92. The Hall–Kier alpha value is -1.17. The van der Waals surface area contributed by atoms with Crippen molar-refractivity contribution in [2.24, 2.45) is 4.99 Å². The van der Waals surface area contributed by atoms with Crippen molar-refractivity contribution in [1.29, 1.82) is 0 Å². The first-order valence-electron chi connectivity index (χ1n) is 8.98. The van der Waals surface area contributed by atoms with E-state index in [1.54, 1.807) is 18.7 Å². The van der Waals surface area contributed by atoms with E-state index >= 15 is 0 Å². The fourth-order valence-electron chi connectivity index (χ4n) is 2.77. The number of hydrogen-bond acceptors (Lipinski definition) is 4. The Morgan fingerprint density at radius 2 is 1.93 bits per heavy atom. The van der Waals surface area contributed by atoms with Gasteiger partial charge in [0.2, 0.25) is 0 Å². The van der Waals surface area contributed by atoms with Gasteiger partial charge in [0, 0.05) is 31.9 Å². The van der Waals surface area contributed by atoms with Crippen molar-refractivity contribution in [3.63, 3.8) is 0 Å². The van der Waals surface area contributed by atoms with Crippen molar-refractivity contribution in [3.05, 3.63) is 29.8 Å². The van der Waals surface area contributed by atoms with Crippen LogP contribution in [0.4, 0.5) is 14.5 Å². The molecule has 0 amide bonds. The number of para-hydroxylation sites is 1. The first-order valence-corrected chi connectivity index (χ1v) is 10.9. The predicted octanol–water partition coefficient (Wildman–Crippen LogP) is 2.54. The second-order valence-corrected chi connectivity index (χ2v) is 10.0. The summed E-state index contributed by atoms with van der Waals surface area (Å²) in [7, 11) is -3.25. The lowest BCUT2D eigenvalue weighted by atomic mass is 10.2. The Balaban J connectivity index is 0.00000392. The third-order valence-corrected chi connectivity index (χ3v) is 6.89. The highest BCUT2D eigenvalue weighted by molar-refractivity contribution is 14.0. The second-order valence-electron chi connectivity index (χ2n) is 7.37. The summed E-state index contributed by atoms with van der Waals surface area (Å²) in [6, 6.07) is 3.79. The van der Waals surface area contributed by atoms with Gasteiger partial charge in [-0.15, -0.1) is 24.0 Å². The Bertz CT molecular complexity index is 783. The molecule has 1 aliphatic rings. The van der Waals surface area contributed by atoms with E-state index in [0.717, 1.165) is 0 Å². The minimum atomic E-state index is -3.25. The minimum absolute atomic E-state index is 0. The highest BCUT2D eigenvalue weighted by atomic mass is 127. The molecule has 1 fully saturated rings. The number of nitrogens with zero attached hydrogens (tertiary/aromatic N) is 2. The van der Waals surface area contributed by atoms with E-state index in [9.17, 15) is 17.2 Å². The maximum atomic E-state index is 14.0. The summed E-state index contributed by atoms with van der Waals surface area (Å²) in [4.78, 5) is 6.07. The standard InChI is InChI=1S/C18H28F2N4O2S.HI/c1-5-21-17(22-12-18(2,3)27(4,25)26)23-13-9-10-24(11-13)16-14(19)7-6-8-15(16)20;/h6-8,13H,5,9-12H2,1-4H3,(H2,21,22,23);1H. The smallest absolute Gasteiger partial charge is 0.191 e. The van der Waals surface area contributed by atoms with Crippen LogP contribution in [-0.2, 0) is 9.84 Å². The number of nitrogens with one attached hydrogen (secondary N) is 2. The lowest BCUT2D eigenvalue weighted by Crippen LogP contribution is -2.46. The quantitative estimate of drug-likeness (QED) is 0.336. The van der Waals surface area contributed by atoms with Crippen molar-refractivity contribution in [1.82, 2.24) is 10.6 Å². The molecular formula is C18H29F2IN4O2S. The first-order chi connectivity index (χ1) is 12.5. The molecule has 0 aliphatic carbocycles. The summed E-state index contributed by atoms with van der Waals surface area (Å²) in [6.45, 7) is 6.85. The summed E-state index contributed by atoms with van der Waals surface area (Å²) in [5.74, 6) is -0.660. The van der Waals surface area contributed by atoms with Crippen molar-refractivity contribution < 1.29 is 17.2 Å². The van der Waals surface area contributed by atoms with Crippen LogP contribution in [0.2, 0.25) is 0 Å². The van der Waals surface area contributed by atoms with E-state index in [0.29, 0.717) is 32.0 Å². The van der Waals surface area contributed by atoms with Gasteiger partial charge < -0.3 is 15.5 Å². The third-order valence-electron chi connectivity index (χ3n) is 4.75. The zero-order valence-electron chi connectivity index (χ0n) is 16.6. The number of sulfone groups is 1. The van der Waals surface area contributed by atoms with E-state index in [2.05, 4.69) is 15.6 Å². The van der Waals surface area contributed by atoms with Crippen LogP contribution < -0.4 is 15.5 Å². The van der Waals surface area contributed by atoms with Crippen molar-refractivity contribution in [3.8, 4) is 0 Å². The largest absolute Gasteiger partial charge is 0.365 e. The van der Waals surface area contributed by atoms with Gasteiger partial charge in [-0.2, -0.15) is 0 Å². The van der Waals surface area contributed by atoms with E-state index in [1.165, 1.54) is 24.5 Å². The molecule has 0 radical (unpaired) electrons. The van der Waals surface area contributed by atoms with E-state index < -0.39 is 26.2 Å². The van der Waals surface area contributed by atoms with Gasteiger partial charge in [-0.3, -0.25) is 4.99 Å². The molecule has 1 heterocycles. The van der Waals surface area contributed by atoms with Gasteiger partial charge in [0.05, 0.1) is 11.3 Å². The zero-order chi connectivity index (χ0) is 20.2. The van der Waals surface area contributed by atoms with Gasteiger partial charge in [0.25, 0.3) is 0 Å². The SMILES string of the molecule is CCNC(=NCC(C)(C)S(C)(=O)=O)NC1CCN(c2c(F)cccc2F)C1.I. The minimum Gasteiger partial charge on any atom is -0.365 e. The average molecular weight is 530 g/mol. The number of rotatable bonds is 6. The number of halogens is 3. The van der Waals surface area contributed by atoms with E-state index in [1.807, 2.05) is 6.92 Å². The normalized spacial score (nSPS) is 18.0. The molecule has 0 bridgehead atoms. The van der Waals surface area contributed by atoms with Crippen LogP contribution >= 0.6 is 24.0 Å². The third kappa shape index (κ3) is 6.16.